The molecule has 33 heavy (non-hydrogen) atoms. The topological polar surface area (TPSA) is 72.9 Å². The maximum atomic E-state index is 12.4. The van der Waals surface area contributed by atoms with Crippen LogP contribution in [0.25, 0.3) is 21.5 Å². The molecule has 0 aliphatic heterocycles. The van der Waals surface area contributed by atoms with E-state index >= 15 is 0 Å². The van der Waals surface area contributed by atoms with Crippen LogP contribution in [0.4, 0.5) is 0 Å². The summed E-state index contributed by atoms with van der Waals surface area (Å²) >= 11 is 7.55. The molecule has 4 aromatic heterocycles. The Hall–Kier alpha value is -3.26. The van der Waals surface area contributed by atoms with E-state index in [0.717, 1.165) is 20.8 Å². The number of hydrogen-bond acceptors (Lipinski definition) is 5. The summed E-state index contributed by atoms with van der Waals surface area (Å²) in [5.74, 6) is 0. The number of aryl methyl sites for hydroxylation is 3. The Bertz CT molecular complexity index is 1440. The predicted molar refractivity (Wildman–Crippen MR) is 134 cm³/mol. The fraction of sp³-hybridized carbons (Fsp3) is 0.160. The maximum Gasteiger partial charge on any atom is 0.251 e. The Balaban J connectivity index is 0.000000376. The minimum atomic E-state index is -0.873. The quantitative estimate of drug-likeness (QED) is 0.390. The number of aromatic nitrogens is 4. The number of fused-ring (bicyclic) bond motifs is 1. The number of pyridine rings is 2. The number of halogens is 1. The molecule has 1 unspecified atom stereocenters. The van der Waals surface area contributed by atoms with Gasteiger partial charge in [-0.05, 0) is 48.9 Å². The van der Waals surface area contributed by atoms with Crippen molar-refractivity contribution in [2.24, 2.45) is 14.1 Å². The summed E-state index contributed by atoms with van der Waals surface area (Å²) in [5.41, 5.74) is 3.37. The van der Waals surface area contributed by atoms with Crippen molar-refractivity contribution in [2.45, 2.75) is 13.0 Å². The van der Waals surface area contributed by atoms with E-state index < -0.39 is 6.10 Å². The molecule has 0 saturated heterocycles. The van der Waals surface area contributed by atoms with E-state index in [1.807, 2.05) is 42.9 Å². The Morgan fingerprint density at radius 3 is 2.39 bits per heavy atom. The van der Waals surface area contributed by atoms with Crippen molar-refractivity contribution in [3.63, 3.8) is 0 Å². The van der Waals surface area contributed by atoms with E-state index in [1.165, 1.54) is 0 Å². The molecule has 168 valence electrons. The summed E-state index contributed by atoms with van der Waals surface area (Å²) in [6.45, 7) is 2.03. The minimum Gasteiger partial charge on any atom is -0.382 e. The van der Waals surface area contributed by atoms with Gasteiger partial charge in [0.25, 0.3) is 5.56 Å². The SMILES string of the molecule is Cc1ccc(-c2cc(=O)n(C)c3ccc(C(O)c4ccc(Cl)cc4)nc23)s1.Cn1ccnc1. The van der Waals surface area contributed by atoms with Crippen molar-refractivity contribution in [2.75, 3.05) is 0 Å². The summed E-state index contributed by atoms with van der Waals surface area (Å²) in [5, 5.41) is 11.4. The van der Waals surface area contributed by atoms with Gasteiger partial charge in [0.05, 0.1) is 23.1 Å². The molecular weight excluding hydrogens is 456 g/mol. The summed E-state index contributed by atoms with van der Waals surface area (Å²) in [7, 11) is 3.66. The van der Waals surface area contributed by atoms with E-state index in [-0.39, 0.29) is 5.56 Å². The highest BCUT2D eigenvalue weighted by Gasteiger charge is 2.17. The fourth-order valence-electron chi connectivity index (χ4n) is 3.40. The fourth-order valence-corrected chi connectivity index (χ4v) is 4.41. The first-order valence-corrected chi connectivity index (χ1v) is 11.5. The average molecular weight is 479 g/mol. The number of rotatable bonds is 3. The monoisotopic (exact) mass is 478 g/mol. The molecule has 0 aliphatic carbocycles. The molecule has 4 heterocycles. The Morgan fingerprint density at radius 1 is 1.06 bits per heavy atom. The zero-order chi connectivity index (χ0) is 23.5. The van der Waals surface area contributed by atoms with Gasteiger partial charge < -0.3 is 14.2 Å². The summed E-state index contributed by atoms with van der Waals surface area (Å²) < 4.78 is 3.46. The molecule has 0 saturated carbocycles. The maximum absolute atomic E-state index is 12.4. The Morgan fingerprint density at radius 2 is 1.82 bits per heavy atom. The van der Waals surface area contributed by atoms with E-state index in [2.05, 4.69) is 4.98 Å². The molecule has 0 radical (unpaired) electrons. The molecule has 6 nitrogen and oxygen atoms in total. The second-order valence-corrected chi connectivity index (χ2v) is 9.38. The van der Waals surface area contributed by atoms with Crippen molar-refractivity contribution >= 4 is 34.0 Å². The van der Waals surface area contributed by atoms with Crippen molar-refractivity contribution in [3.8, 4) is 10.4 Å². The lowest BCUT2D eigenvalue weighted by Gasteiger charge is -2.14. The van der Waals surface area contributed by atoms with Crippen LogP contribution < -0.4 is 5.56 Å². The van der Waals surface area contributed by atoms with Gasteiger partial charge in [0.15, 0.2) is 0 Å². The zero-order valence-corrected chi connectivity index (χ0v) is 20.0. The number of nitrogens with zero attached hydrogens (tertiary/aromatic N) is 4. The van der Waals surface area contributed by atoms with Crippen LogP contribution in [0.15, 0.2) is 78.1 Å². The van der Waals surface area contributed by atoms with Gasteiger partial charge in [-0.15, -0.1) is 11.3 Å². The van der Waals surface area contributed by atoms with Crippen LogP contribution in [-0.4, -0.2) is 24.2 Å². The van der Waals surface area contributed by atoms with E-state index in [4.69, 9.17) is 16.6 Å². The van der Waals surface area contributed by atoms with Crippen LogP contribution in [0.3, 0.4) is 0 Å². The van der Waals surface area contributed by atoms with Crippen LogP contribution >= 0.6 is 22.9 Å². The molecule has 1 N–H and O–H groups in total. The van der Waals surface area contributed by atoms with Gasteiger partial charge in [0, 0.05) is 52.9 Å². The lowest BCUT2D eigenvalue weighted by atomic mass is 10.0. The van der Waals surface area contributed by atoms with Crippen molar-refractivity contribution in [1.29, 1.82) is 0 Å². The molecule has 0 bridgehead atoms. The average Bonchev–Trinajstić information content (AvgIpc) is 3.47. The molecule has 1 aromatic carbocycles. The first-order chi connectivity index (χ1) is 15.8. The minimum absolute atomic E-state index is 0.0867. The van der Waals surface area contributed by atoms with E-state index in [0.29, 0.717) is 21.8 Å². The van der Waals surface area contributed by atoms with Crippen LogP contribution in [0.5, 0.6) is 0 Å². The molecule has 8 heteroatoms. The Kier molecular flexibility index (Phi) is 6.74. The van der Waals surface area contributed by atoms with Gasteiger partial charge >= 0.3 is 0 Å². The molecule has 5 aromatic rings. The summed E-state index contributed by atoms with van der Waals surface area (Å²) in [6, 6.07) is 16.3. The largest absolute Gasteiger partial charge is 0.382 e. The van der Waals surface area contributed by atoms with Gasteiger partial charge in [-0.3, -0.25) is 4.79 Å². The number of imidazole rings is 1. The van der Waals surface area contributed by atoms with E-state index in [9.17, 15) is 9.90 Å². The summed E-state index contributed by atoms with van der Waals surface area (Å²) in [6.07, 6.45) is 4.52. The van der Waals surface area contributed by atoms with Crippen LogP contribution in [0.2, 0.25) is 5.02 Å². The molecule has 0 aliphatic rings. The van der Waals surface area contributed by atoms with Crippen molar-refractivity contribution in [3.05, 3.63) is 105 Å². The normalized spacial score (nSPS) is 11.8. The number of thiophene rings is 1. The van der Waals surface area contributed by atoms with Crippen LogP contribution in [0.1, 0.15) is 22.2 Å². The standard InChI is InChI=1S/C21H17ClN2O2S.C4H6N2/c1-12-3-10-18(27-12)15-11-19(25)24(2)17-9-8-16(23-20(15)17)21(26)13-4-6-14(22)7-5-13;1-6-3-2-5-4-6/h3-11,21,26H,1-2H3;2-4H,1H3. The third-order valence-electron chi connectivity index (χ3n) is 5.22. The number of hydrogen-bond donors (Lipinski definition) is 1. The van der Waals surface area contributed by atoms with Gasteiger partial charge in [-0.1, -0.05) is 23.7 Å². The van der Waals surface area contributed by atoms with Gasteiger partial charge in [0.2, 0.25) is 0 Å². The van der Waals surface area contributed by atoms with Crippen molar-refractivity contribution in [1.82, 2.24) is 19.1 Å². The summed E-state index contributed by atoms with van der Waals surface area (Å²) in [4.78, 5) is 23.0. The number of aliphatic hydroxyl groups excluding tert-OH is 1. The molecule has 0 amide bonds. The number of aliphatic hydroxyl groups is 1. The van der Waals surface area contributed by atoms with E-state index in [1.54, 1.807) is 71.9 Å². The van der Waals surface area contributed by atoms with Gasteiger partial charge in [-0.25, -0.2) is 9.97 Å². The lowest BCUT2D eigenvalue weighted by molar-refractivity contribution is 0.216. The highest BCUT2D eigenvalue weighted by atomic mass is 35.5. The lowest BCUT2D eigenvalue weighted by Crippen LogP contribution is -2.17. The van der Waals surface area contributed by atoms with Gasteiger partial charge in [0.1, 0.15) is 6.10 Å². The predicted octanol–water partition coefficient (Wildman–Crippen LogP) is 5.13. The van der Waals surface area contributed by atoms with Gasteiger partial charge in [-0.2, -0.15) is 0 Å². The highest BCUT2D eigenvalue weighted by Crippen LogP contribution is 2.32. The van der Waals surface area contributed by atoms with Crippen LogP contribution in [0, 0.1) is 6.92 Å². The Labute approximate surface area is 200 Å². The second kappa shape index (κ2) is 9.70. The first-order valence-electron chi connectivity index (χ1n) is 10.3. The molecule has 5 rings (SSSR count). The molecular formula is C25H23ClN4O2S. The highest BCUT2D eigenvalue weighted by molar-refractivity contribution is 7.15. The van der Waals surface area contributed by atoms with Crippen LogP contribution in [-0.2, 0) is 14.1 Å². The third kappa shape index (κ3) is 5.06. The smallest absolute Gasteiger partial charge is 0.251 e. The molecule has 0 spiro atoms. The second-order valence-electron chi connectivity index (χ2n) is 7.65. The molecule has 0 fully saturated rings. The first kappa shape index (κ1) is 22.9. The zero-order valence-electron chi connectivity index (χ0n) is 18.4. The molecule has 1 atom stereocenters. The number of benzene rings is 1. The third-order valence-corrected chi connectivity index (χ3v) is 6.50. The van der Waals surface area contributed by atoms with Crippen molar-refractivity contribution < 1.29 is 5.11 Å².